The van der Waals surface area contributed by atoms with Crippen molar-refractivity contribution in [3.8, 4) is 0 Å². The third-order valence-electron chi connectivity index (χ3n) is 0.367. The van der Waals surface area contributed by atoms with E-state index < -0.39 is 8.11 Å². The lowest BCUT2D eigenvalue weighted by Crippen LogP contribution is -2.02. The van der Waals surface area contributed by atoms with E-state index >= 15 is 0 Å². The van der Waals surface area contributed by atoms with E-state index in [0.29, 0.717) is 0 Å². The zero-order valence-electron chi connectivity index (χ0n) is 4.04. The van der Waals surface area contributed by atoms with Gasteiger partial charge in [-0.3, -0.25) is 0 Å². The highest BCUT2D eigenvalue weighted by molar-refractivity contribution is 6.45. The second kappa shape index (κ2) is 3.97. The average molecular weight is 144 g/mol. The first-order chi connectivity index (χ1) is 2.77. The number of halogens is 2. The lowest BCUT2D eigenvalue weighted by Gasteiger charge is -1.74. The smallest absolute Gasteiger partial charge is 0.0591 e. The summed E-state index contributed by atoms with van der Waals surface area (Å²) in [7, 11) is 1.86. The molecule has 3 heteroatoms. The third-order valence-corrected chi connectivity index (χ3v) is 4.35. The lowest BCUT2D eigenvalue weighted by molar-refractivity contribution is -0.500. The molecule has 0 aromatic rings. The van der Waals surface area contributed by atoms with E-state index in [1.54, 1.807) is 0 Å². The van der Waals surface area contributed by atoms with Gasteiger partial charge in [0, 0.05) is 0 Å². The van der Waals surface area contributed by atoms with Crippen molar-refractivity contribution in [2.75, 3.05) is 5.34 Å². The summed E-state index contributed by atoms with van der Waals surface area (Å²) in [4.78, 5) is 0. The highest BCUT2D eigenvalue weighted by Crippen LogP contribution is 1.85. The van der Waals surface area contributed by atoms with Crippen molar-refractivity contribution in [1.82, 2.24) is 0 Å². The Morgan fingerprint density at radius 3 is 2.17 bits per heavy atom. The lowest BCUT2D eigenvalue weighted by atomic mass is 11.9. The number of alkyl halides is 2. The molecule has 0 unspecified atom stereocenters. The summed E-state index contributed by atoms with van der Waals surface area (Å²) in [6.07, 6.45) is 0. The highest BCUT2D eigenvalue weighted by Gasteiger charge is 2.08. The van der Waals surface area contributed by atoms with Crippen molar-refractivity contribution < 1.29 is 10.3 Å². The molecule has 0 aliphatic heterocycles. The van der Waals surface area contributed by atoms with Gasteiger partial charge in [-0.05, 0) is 13.1 Å². The summed E-state index contributed by atoms with van der Waals surface area (Å²) in [6, 6.07) is 0. The maximum atomic E-state index is 5.37. The first-order valence-corrected chi connectivity index (χ1v) is 7.03. The fraction of sp³-hybridized carbons (Fsp3) is 1.00. The first kappa shape index (κ1) is 6.80. The molecule has 0 fully saturated rings. The average Bonchev–Trinajstić information content (AvgIpc) is 1.35. The molecule has 0 radical (unpaired) electrons. The van der Waals surface area contributed by atoms with E-state index in [2.05, 4.69) is 23.4 Å². The van der Waals surface area contributed by atoms with Crippen LogP contribution in [0.1, 0.15) is 0 Å². The SMILES string of the molecule is C[SiH](C)[Cl+]CCl. The van der Waals surface area contributed by atoms with Crippen molar-refractivity contribution in [2.45, 2.75) is 13.1 Å². The summed E-state index contributed by atoms with van der Waals surface area (Å²) in [6.45, 7) is 4.49. The Kier molecular flexibility index (Phi) is 4.50. The number of rotatable bonds is 2. The zero-order chi connectivity index (χ0) is 4.99. The van der Waals surface area contributed by atoms with Crippen molar-refractivity contribution in [2.24, 2.45) is 0 Å². The molecule has 0 spiro atoms. The predicted molar refractivity (Wildman–Crippen MR) is 29.6 cm³/mol. The first-order valence-electron chi connectivity index (χ1n) is 1.91. The summed E-state index contributed by atoms with van der Waals surface area (Å²) in [5, 5.41) is 0.726. The van der Waals surface area contributed by atoms with Gasteiger partial charge >= 0.3 is 8.11 Å². The van der Waals surface area contributed by atoms with Gasteiger partial charge in [0.15, 0.2) is 0 Å². The topological polar surface area (TPSA) is 0 Å². The maximum absolute atomic E-state index is 5.37. The van der Waals surface area contributed by atoms with Crippen molar-refractivity contribution in [3.05, 3.63) is 0 Å². The molecule has 0 aliphatic rings. The molecule has 0 bridgehead atoms. The standard InChI is InChI=1S/C3H9Cl2Si/c1-6(2)5-3-4/h6H,3H2,1-2H3/q+1. The van der Waals surface area contributed by atoms with E-state index in [1.807, 2.05) is 0 Å². The minimum atomic E-state index is -0.441. The monoisotopic (exact) mass is 143 g/mol. The molecule has 0 aromatic carbocycles. The van der Waals surface area contributed by atoms with Gasteiger partial charge in [0.2, 0.25) is 5.34 Å². The predicted octanol–water partition coefficient (Wildman–Crippen LogP) is 1.25. The van der Waals surface area contributed by atoms with Crippen LogP contribution in [0.5, 0.6) is 0 Å². The molecule has 0 saturated heterocycles. The van der Waals surface area contributed by atoms with Crippen molar-refractivity contribution in [3.63, 3.8) is 0 Å². The normalized spacial score (nSPS) is 10.0. The quantitative estimate of drug-likeness (QED) is 0.311. The molecule has 0 N–H and O–H groups in total. The Labute approximate surface area is 48.9 Å². The van der Waals surface area contributed by atoms with E-state index in [9.17, 15) is 0 Å². The van der Waals surface area contributed by atoms with Crippen LogP contribution >= 0.6 is 11.6 Å². The van der Waals surface area contributed by atoms with Crippen LogP contribution < -0.4 is 0 Å². The van der Waals surface area contributed by atoms with Crippen LogP contribution in [0.3, 0.4) is 0 Å². The Morgan fingerprint density at radius 1 is 1.67 bits per heavy atom. The summed E-state index contributed by atoms with van der Waals surface area (Å²) in [5.74, 6) is 0. The van der Waals surface area contributed by atoms with Crippen LogP contribution in [0.2, 0.25) is 13.1 Å². The zero-order valence-corrected chi connectivity index (χ0v) is 6.71. The fourth-order valence-corrected chi connectivity index (χ4v) is 3.15. The van der Waals surface area contributed by atoms with Crippen LogP contribution in [0.25, 0.3) is 0 Å². The van der Waals surface area contributed by atoms with E-state index in [-0.39, 0.29) is 0 Å². The summed E-state index contributed by atoms with van der Waals surface area (Å²) >= 11 is 5.37. The Balaban J connectivity index is 2.63. The van der Waals surface area contributed by atoms with Crippen molar-refractivity contribution >= 4 is 19.7 Å². The third kappa shape index (κ3) is 4.80. The van der Waals surface area contributed by atoms with E-state index in [0.717, 1.165) is 5.34 Å². The molecular weight excluding hydrogens is 135 g/mol. The second-order valence-corrected chi connectivity index (χ2v) is 7.96. The van der Waals surface area contributed by atoms with E-state index in [1.165, 1.54) is 0 Å². The molecule has 6 heavy (non-hydrogen) atoms. The van der Waals surface area contributed by atoms with Gasteiger partial charge in [0.1, 0.15) is 0 Å². The fourth-order valence-electron chi connectivity index (χ4n) is 0.117. The molecule has 0 heterocycles. The van der Waals surface area contributed by atoms with Gasteiger partial charge < -0.3 is 0 Å². The molecular formula is C3H9Cl2Si+. The Hall–Kier alpha value is 0.797. The molecule has 0 amide bonds. The van der Waals surface area contributed by atoms with Crippen molar-refractivity contribution in [1.29, 1.82) is 0 Å². The molecule has 38 valence electrons. The van der Waals surface area contributed by atoms with Gasteiger partial charge in [-0.15, -0.1) is 0 Å². The number of hydrogen-bond acceptors (Lipinski definition) is 0. The summed E-state index contributed by atoms with van der Waals surface area (Å²) < 4.78 is 0. The highest BCUT2D eigenvalue weighted by atomic mass is 35.6. The van der Waals surface area contributed by atoms with Gasteiger partial charge in [0.05, 0.1) is 10.3 Å². The number of hydrogen-bond donors (Lipinski definition) is 0. The van der Waals surface area contributed by atoms with Gasteiger partial charge in [-0.2, -0.15) is 0 Å². The molecule has 0 rings (SSSR count). The molecule has 0 atom stereocenters. The molecule has 0 saturated carbocycles. The van der Waals surface area contributed by atoms with E-state index in [4.69, 9.17) is 11.6 Å². The Morgan fingerprint density at radius 2 is 2.17 bits per heavy atom. The summed E-state index contributed by atoms with van der Waals surface area (Å²) in [5.41, 5.74) is 0. The second-order valence-electron chi connectivity index (χ2n) is 1.27. The van der Waals surface area contributed by atoms with Crippen LogP contribution in [0, 0.1) is 10.3 Å². The minimum Gasteiger partial charge on any atom is -0.0591 e. The Bertz CT molecular complexity index is 30.0. The van der Waals surface area contributed by atoms with Crippen LogP contribution in [0.4, 0.5) is 0 Å². The van der Waals surface area contributed by atoms with Gasteiger partial charge in [-0.1, -0.05) is 11.6 Å². The van der Waals surface area contributed by atoms with Crippen LogP contribution in [-0.2, 0) is 0 Å². The largest absolute Gasteiger partial charge is 0.360 e. The van der Waals surface area contributed by atoms with Gasteiger partial charge in [-0.25, -0.2) is 0 Å². The van der Waals surface area contributed by atoms with Gasteiger partial charge in [0.25, 0.3) is 0 Å². The van der Waals surface area contributed by atoms with Crippen LogP contribution in [-0.4, -0.2) is 13.4 Å². The van der Waals surface area contributed by atoms with Crippen LogP contribution in [0.15, 0.2) is 0 Å². The molecule has 0 aliphatic carbocycles. The maximum Gasteiger partial charge on any atom is 0.360 e. The molecule has 0 aromatic heterocycles. The molecule has 0 nitrogen and oxygen atoms in total. The minimum absolute atomic E-state index is 0.441.